The van der Waals surface area contributed by atoms with Crippen molar-refractivity contribution < 1.29 is 32.2 Å². The molecule has 6 nitrogen and oxygen atoms in total. The predicted octanol–water partition coefficient (Wildman–Crippen LogP) is 3.73. The van der Waals surface area contributed by atoms with Crippen molar-refractivity contribution in [3.8, 4) is 11.5 Å². The van der Waals surface area contributed by atoms with E-state index in [2.05, 4.69) is 5.32 Å². The van der Waals surface area contributed by atoms with Crippen molar-refractivity contribution in [2.24, 2.45) is 11.8 Å². The van der Waals surface area contributed by atoms with E-state index in [0.29, 0.717) is 30.3 Å². The summed E-state index contributed by atoms with van der Waals surface area (Å²) in [5, 5.41) is 3.06. The topological polar surface area (TPSA) is 67.9 Å². The summed E-state index contributed by atoms with van der Waals surface area (Å²) in [6, 6.07) is 4.82. The first kappa shape index (κ1) is 22.3. The van der Waals surface area contributed by atoms with E-state index in [-0.39, 0.29) is 49.7 Å². The van der Waals surface area contributed by atoms with Gasteiger partial charge < -0.3 is 19.7 Å². The number of rotatable bonds is 3. The zero-order valence-electron chi connectivity index (χ0n) is 18.5. The number of hydrogen-bond acceptors (Lipinski definition) is 4. The van der Waals surface area contributed by atoms with Crippen LogP contribution in [0.1, 0.15) is 55.3 Å². The van der Waals surface area contributed by atoms with Gasteiger partial charge in [-0.2, -0.15) is 0 Å². The molecular formula is C24H29F3N2O4. The van der Waals surface area contributed by atoms with Crippen LogP contribution < -0.4 is 14.8 Å². The van der Waals surface area contributed by atoms with E-state index in [9.17, 15) is 18.4 Å². The fraction of sp³-hybridized carbons (Fsp3) is 0.667. The molecule has 1 aromatic rings. The zero-order valence-corrected chi connectivity index (χ0v) is 18.5. The SMILES string of the molecule is O=C(NC1CCCC2CN(C(=O)C3(F)CCCCC3(F)F)CC21)c1ccc2c(c1)OCCO2. The largest absolute Gasteiger partial charge is 0.486 e. The highest BCUT2D eigenvalue weighted by Gasteiger charge is 2.63. The van der Waals surface area contributed by atoms with Crippen molar-refractivity contribution in [3.05, 3.63) is 23.8 Å². The Balaban J connectivity index is 1.28. The number of fused-ring (bicyclic) bond motifs is 2. The first-order valence-corrected chi connectivity index (χ1v) is 11.9. The van der Waals surface area contributed by atoms with Crippen LogP contribution in [-0.4, -0.2) is 60.7 Å². The molecule has 1 N–H and O–H groups in total. The second kappa shape index (κ2) is 8.40. The van der Waals surface area contributed by atoms with Crippen molar-refractivity contribution in [1.82, 2.24) is 10.2 Å². The highest BCUT2D eigenvalue weighted by molar-refractivity contribution is 5.95. The number of likely N-dealkylation sites (tertiary alicyclic amines) is 1. The molecule has 4 atom stereocenters. The number of hydrogen-bond donors (Lipinski definition) is 1. The van der Waals surface area contributed by atoms with Crippen LogP contribution in [-0.2, 0) is 4.79 Å². The lowest BCUT2D eigenvalue weighted by Gasteiger charge is -2.38. The standard InChI is InChI=1S/C24H29F3N2O4/c25-23(8-1-2-9-24(23,26)27)22(31)29-13-16-4-3-5-18(17(16)14-29)28-21(30)15-6-7-19-20(12-15)33-11-10-32-19/h6-7,12,16-18H,1-5,8-11,13-14H2,(H,28,30). The molecule has 0 spiro atoms. The molecule has 4 unspecified atom stereocenters. The summed E-state index contributed by atoms with van der Waals surface area (Å²) in [7, 11) is 0. The Kier molecular flexibility index (Phi) is 5.69. The van der Waals surface area contributed by atoms with Gasteiger partial charge >= 0.3 is 0 Å². The average Bonchev–Trinajstić information content (AvgIpc) is 3.25. The maximum Gasteiger partial charge on any atom is 0.290 e. The van der Waals surface area contributed by atoms with Crippen LogP contribution in [0.25, 0.3) is 0 Å². The molecule has 2 aliphatic heterocycles. The number of carbonyl (C=O) groups excluding carboxylic acids is 2. The van der Waals surface area contributed by atoms with Crippen molar-refractivity contribution in [2.45, 2.75) is 62.6 Å². The Bertz CT molecular complexity index is 942. The van der Waals surface area contributed by atoms with Gasteiger partial charge in [0.25, 0.3) is 23.4 Å². The summed E-state index contributed by atoms with van der Waals surface area (Å²) >= 11 is 0. The van der Waals surface area contributed by atoms with Gasteiger partial charge in [-0.3, -0.25) is 9.59 Å². The summed E-state index contributed by atoms with van der Waals surface area (Å²) in [5.74, 6) is -3.88. The maximum absolute atomic E-state index is 15.3. The van der Waals surface area contributed by atoms with Gasteiger partial charge in [0.15, 0.2) is 11.5 Å². The molecule has 0 radical (unpaired) electrons. The van der Waals surface area contributed by atoms with Crippen LogP contribution in [0.15, 0.2) is 18.2 Å². The second-order valence-electron chi connectivity index (χ2n) is 9.72. The highest BCUT2D eigenvalue weighted by Crippen LogP contribution is 2.47. The van der Waals surface area contributed by atoms with E-state index in [1.807, 2.05) is 0 Å². The first-order chi connectivity index (χ1) is 15.8. The molecule has 3 fully saturated rings. The van der Waals surface area contributed by atoms with Crippen LogP contribution in [0.4, 0.5) is 13.2 Å². The summed E-state index contributed by atoms with van der Waals surface area (Å²) in [6.07, 6.45) is 1.90. The molecule has 4 aliphatic rings. The van der Waals surface area contributed by atoms with Crippen LogP contribution in [0, 0.1) is 11.8 Å². The number of carbonyl (C=O) groups is 2. The minimum Gasteiger partial charge on any atom is -0.486 e. The van der Waals surface area contributed by atoms with Gasteiger partial charge in [-0.15, -0.1) is 0 Å². The molecule has 180 valence electrons. The molecule has 0 bridgehead atoms. The molecule has 0 aromatic heterocycles. The Morgan fingerprint density at radius 1 is 0.970 bits per heavy atom. The number of ether oxygens (including phenoxy) is 2. The number of nitrogens with zero attached hydrogens (tertiary/aromatic N) is 1. The second-order valence-corrected chi connectivity index (χ2v) is 9.72. The number of benzene rings is 1. The third-order valence-electron chi connectivity index (χ3n) is 7.69. The van der Waals surface area contributed by atoms with E-state index in [0.717, 1.165) is 19.3 Å². The summed E-state index contributed by atoms with van der Waals surface area (Å²) in [4.78, 5) is 27.1. The molecule has 33 heavy (non-hydrogen) atoms. The minimum atomic E-state index is -3.64. The van der Waals surface area contributed by atoms with E-state index >= 15 is 4.39 Å². The molecule has 2 heterocycles. The van der Waals surface area contributed by atoms with Gasteiger partial charge in [0.2, 0.25) is 0 Å². The summed E-state index contributed by atoms with van der Waals surface area (Å²) in [6.45, 7) is 1.34. The van der Waals surface area contributed by atoms with Crippen molar-refractivity contribution >= 4 is 11.8 Å². The number of nitrogens with one attached hydrogen (secondary N) is 1. The molecule has 2 aliphatic carbocycles. The monoisotopic (exact) mass is 466 g/mol. The van der Waals surface area contributed by atoms with Crippen molar-refractivity contribution in [2.75, 3.05) is 26.3 Å². The molecule has 1 aromatic carbocycles. The van der Waals surface area contributed by atoms with Crippen LogP contribution >= 0.6 is 0 Å². The van der Waals surface area contributed by atoms with Gasteiger partial charge in [-0.05, 0) is 56.2 Å². The van der Waals surface area contributed by atoms with Crippen LogP contribution in [0.2, 0.25) is 0 Å². The fourth-order valence-electron chi connectivity index (χ4n) is 5.86. The number of alkyl halides is 3. The number of halogens is 3. The average molecular weight is 467 g/mol. The van der Waals surface area contributed by atoms with Gasteiger partial charge in [0.05, 0.1) is 0 Å². The Morgan fingerprint density at radius 3 is 2.52 bits per heavy atom. The molecule has 5 rings (SSSR count). The quantitative estimate of drug-likeness (QED) is 0.737. The van der Waals surface area contributed by atoms with Crippen molar-refractivity contribution in [1.29, 1.82) is 0 Å². The maximum atomic E-state index is 15.3. The minimum absolute atomic E-state index is 0.0640. The Hall–Kier alpha value is -2.45. The Labute approximate surface area is 190 Å². The van der Waals surface area contributed by atoms with E-state index in [1.54, 1.807) is 18.2 Å². The lowest BCUT2D eigenvalue weighted by Crippen LogP contribution is -2.58. The zero-order chi connectivity index (χ0) is 23.2. The fourth-order valence-corrected chi connectivity index (χ4v) is 5.86. The molecule has 2 amide bonds. The van der Waals surface area contributed by atoms with Gasteiger partial charge in [-0.1, -0.05) is 6.42 Å². The molecule has 9 heteroatoms. The summed E-state index contributed by atoms with van der Waals surface area (Å²) in [5.41, 5.74) is -2.68. The third-order valence-corrected chi connectivity index (χ3v) is 7.69. The van der Waals surface area contributed by atoms with E-state index in [1.165, 1.54) is 4.90 Å². The van der Waals surface area contributed by atoms with Crippen LogP contribution in [0.5, 0.6) is 11.5 Å². The van der Waals surface area contributed by atoms with Gasteiger partial charge in [0.1, 0.15) is 13.2 Å². The normalized spacial score (nSPS) is 32.7. The lowest BCUT2D eigenvalue weighted by atomic mass is 9.78. The molecular weight excluding hydrogens is 437 g/mol. The lowest BCUT2D eigenvalue weighted by molar-refractivity contribution is -0.188. The van der Waals surface area contributed by atoms with Gasteiger partial charge in [0, 0.05) is 37.0 Å². The first-order valence-electron chi connectivity index (χ1n) is 11.9. The Morgan fingerprint density at radius 2 is 1.73 bits per heavy atom. The van der Waals surface area contributed by atoms with Crippen LogP contribution in [0.3, 0.4) is 0 Å². The smallest absolute Gasteiger partial charge is 0.290 e. The van der Waals surface area contributed by atoms with E-state index < -0.39 is 30.3 Å². The predicted molar refractivity (Wildman–Crippen MR) is 113 cm³/mol. The number of amides is 2. The van der Waals surface area contributed by atoms with Gasteiger partial charge in [-0.25, -0.2) is 13.2 Å². The summed E-state index contributed by atoms with van der Waals surface area (Å²) < 4.78 is 55.1. The van der Waals surface area contributed by atoms with E-state index in [4.69, 9.17) is 9.47 Å². The molecule has 2 saturated carbocycles. The highest BCUT2D eigenvalue weighted by atomic mass is 19.3. The van der Waals surface area contributed by atoms with Crippen molar-refractivity contribution in [3.63, 3.8) is 0 Å². The molecule has 1 saturated heterocycles. The third kappa shape index (κ3) is 3.93.